The summed E-state index contributed by atoms with van der Waals surface area (Å²) < 4.78 is 0. The van der Waals surface area contributed by atoms with Gasteiger partial charge in [0.1, 0.15) is 0 Å². The van der Waals surface area contributed by atoms with Crippen molar-refractivity contribution in [2.45, 2.75) is 19.4 Å². The number of pyridine rings is 1. The van der Waals surface area contributed by atoms with Crippen molar-refractivity contribution >= 4 is 34.8 Å². The van der Waals surface area contributed by atoms with E-state index in [2.05, 4.69) is 47.0 Å². The van der Waals surface area contributed by atoms with Crippen LogP contribution in [0.3, 0.4) is 0 Å². The van der Waals surface area contributed by atoms with Crippen LogP contribution < -0.4 is 10.6 Å². The van der Waals surface area contributed by atoms with Gasteiger partial charge in [-0.25, -0.2) is 9.78 Å². The van der Waals surface area contributed by atoms with Gasteiger partial charge in [-0.05, 0) is 47.9 Å². The van der Waals surface area contributed by atoms with Crippen molar-refractivity contribution in [3.8, 4) is 11.1 Å². The number of nitrogens with zero attached hydrogens (tertiary/aromatic N) is 1. The second-order valence-electron chi connectivity index (χ2n) is 7.84. The predicted octanol–water partition coefficient (Wildman–Crippen LogP) is 5.96. The summed E-state index contributed by atoms with van der Waals surface area (Å²) in [6.45, 7) is 2.08. The summed E-state index contributed by atoms with van der Waals surface area (Å²) in [6.07, 6.45) is 4.14. The number of carbonyl (C=O) groups is 1. The van der Waals surface area contributed by atoms with Crippen LogP contribution in [-0.2, 0) is 0 Å². The molecule has 0 saturated carbocycles. The highest BCUT2D eigenvalue weighted by atomic mass is 16.3. The molecule has 166 valence electrons. The van der Waals surface area contributed by atoms with Gasteiger partial charge >= 0.3 is 6.03 Å². The van der Waals surface area contributed by atoms with E-state index in [9.17, 15) is 9.90 Å². The normalized spacial score (nSPS) is 12.1. The van der Waals surface area contributed by atoms with Crippen molar-refractivity contribution in [2.24, 2.45) is 0 Å². The average molecular weight is 438 g/mol. The van der Waals surface area contributed by atoms with Crippen molar-refractivity contribution in [3.05, 3.63) is 96.2 Å². The Morgan fingerprint density at radius 2 is 1.70 bits per heavy atom. The Kier molecular flexibility index (Phi) is 7.12. The molecule has 1 heterocycles. The topological polar surface area (TPSA) is 74.2 Å². The molecular weight excluding hydrogens is 410 g/mol. The van der Waals surface area contributed by atoms with Crippen molar-refractivity contribution in [2.75, 3.05) is 11.9 Å². The number of hydrogen-bond acceptors (Lipinski definition) is 3. The number of aliphatic hydroxyl groups excluding tert-OH is 1. The van der Waals surface area contributed by atoms with Crippen molar-refractivity contribution in [3.63, 3.8) is 0 Å². The summed E-state index contributed by atoms with van der Waals surface area (Å²) in [5, 5.41) is 16.1. The first kappa shape index (κ1) is 22.2. The third-order valence-electron chi connectivity index (χ3n) is 5.39. The molecule has 33 heavy (non-hydrogen) atoms. The van der Waals surface area contributed by atoms with Gasteiger partial charge in [-0.2, -0.15) is 0 Å². The largest absolute Gasteiger partial charge is 0.391 e. The molecule has 0 aliphatic carbocycles. The second kappa shape index (κ2) is 10.6. The Bertz CT molecular complexity index is 1250. The lowest BCUT2D eigenvalue weighted by atomic mass is 10.0. The molecule has 0 bridgehead atoms. The summed E-state index contributed by atoms with van der Waals surface area (Å²) >= 11 is 0. The van der Waals surface area contributed by atoms with Crippen LogP contribution in [0.1, 0.15) is 24.6 Å². The Balaban J connectivity index is 1.66. The van der Waals surface area contributed by atoms with Crippen LogP contribution in [-0.4, -0.2) is 28.8 Å². The first-order chi connectivity index (χ1) is 16.1. The molecule has 0 radical (unpaired) electrons. The molecule has 5 nitrogen and oxygen atoms in total. The molecule has 0 aliphatic rings. The number of urea groups is 1. The molecule has 1 atom stereocenters. The molecule has 1 unspecified atom stereocenters. The fourth-order valence-electron chi connectivity index (χ4n) is 3.51. The summed E-state index contributed by atoms with van der Waals surface area (Å²) in [4.78, 5) is 17.1. The number of anilines is 1. The first-order valence-electron chi connectivity index (χ1n) is 11.1. The van der Waals surface area contributed by atoms with Crippen molar-refractivity contribution < 1.29 is 9.90 Å². The number of amides is 2. The SMILES string of the molecule is CCC(O)CNC(=O)Nc1ccc2nc(/C=C/c3ccccc3)c(-c3ccccc3)cc2c1. The van der Waals surface area contributed by atoms with Gasteiger partial charge in [0.25, 0.3) is 0 Å². The maximum absolute atomic E-state index is 12.2. The summed E-state index contributed by atoms with van der Waals surface area (Å²) in [7, 11) is 0. The number of fused-ring (bicyclic) bond motifs is 1. The predicted molar refractivity (Wildman–Crippen MR) is 136 cm³/mol. The maximum Gasteiger partial charge on any atom is 0.319 e. The number of benzene rings is 3. The highest BCUT2D eigenvalue weighted by molar-refractivity contribution is 5.95. The molecule has 0 saturated heterocycles. The number of carbonyl (C=O) groups excluding carboxylic acids is 1. The third kappa shape index (κ3) is 5.84. The Morgan fingerprint density at radius 1 is 0.970 bits per heavy atom. The van der Waals surface area contributed by atoms with E-state index >= 15 is 0 Å². The third-order valence-corrected chi connectivity index (χ3v) is 5.39. The lowest BCUT2D eigenvalue weighted by molar-refractivity contribution is 0.168. The summed E-state index contributed by atoms with van der Waals surface area (Å²) in [5.74, 6) is 0. The quantitative estimate of drug-likeness (QED) is 0.334. The van der Waals surface area contributed by atoms with E-state index in [1.54, 1.807) is 0 Å². The van der Waals surface area contributed by atoms with Crippen molar-refractivity contribution in [1.82, 2.24) is 10.3 Å². The molecule has 4 rings (SSSR count). The van der Waals surface area contributed by atoms with E-state index in [0.717, 1.165) is 33.3 Å². The smallest absolute Gasteiger partial charge is 0.319 e. The zero-order valence-corrected chi connectivity index (χ0v) is 18.5. The maximum atomic E-state index is 12.2. The molecule has 1 aromatic heterocycles. The molecule has 2 amide bonds. The van der Waals surface area contributed by atoms with E-state index in [0.29, 0.717) is 12.1 Å². The molecule has 0 fully saturated rings. The van der Waals surface area contributed by atoms with Crippen LogP contribution in [0, 0.1) is 0 Å². The van der Waals surface area contributed by atoms with E-state index in [-0.39, 0.29) is 12.6 Å². The van der Waals surface area contributed by atoms with Crippen LogP contribution in [0.25, 0.3) is 34.2 Å². The van der Waals surface area contributed by atoms with Gasteiger partial charge in [-0.1, -0.05) is 73.7 Å². The fourth-order valence-corrected chi connectivity index (χ4v) is 3.51. The lowest BCUT2D eigenvalue weighted by Gasteiger charge is -2.12. The molecular formula is C28H27N3O2. The van der Waals surface area contributed by atoms with Crippen LogP contribution in [0.15, 0.2) is 84.9 Å². The Labute approximate surface area is 193 Å². The molecule has 0 aliphatic heterocycles. The minimum absolute atomic E-state index is 0.215. The summed E-state index contributed by atoms with van der Waals surface area (Å²) in [6, 6.07) is 27.7. The van der Waals surface area contributed by atoms with Crippen LogP contribution in [0.5, 0.6) is 0 Å². The zero-order chi connectivity index (χ0) is 23.0. The first-order valence-corrected chi connectivity index (χ1v) is 11.1. The molecule has 3 N–H and O–H groups in total. The summed E-state index contributed by atoms with van der Waals surface area (Å²) in [5.41, 5.74) is 5.59. The van der Waals surface area contributed by atoms with E-state index in [4.69, 9.17) is 4.98 Å². The van der Waals surface area contributed by atoms with Crippen LogP contribution >= 0.6 is 0 Å². The fraction of sp³-hybridized carbons (Fsp3) is 0.143. The van der Waals surface area contributed by atoms with Gasteiger partial charge in [0, 0.05) is 23.2 Å². The lowest BCUT2D eigenvalue weighted by Crippen LogP contribution is -2.34. The standard InChI is InChI=1S/C28H27N3O2/c1-2-24(32)19-29-28(33)30-23-14-16-26-22(17-23)18-25(21-11-7-4-8-12-21)27(31-26)15-13-20-9-5-3-6-10-20/h3-18,24,32H,2,19H2,1H3,(H2,29,30,33)/b15-13+. The molecule has 4 aromatic rings. The number of hydrogen-bond donors (Lipinski definition) is 3. The van der Waals surface area contributed by atoms with Gasteiger partial charge < -0.3 is 15.7 Å². The minimum atomic E-state index is -0.549. The minimum Gasteiger partial charge on any atom is -0.391 e. The van der Waals surface area contributed by atoms with E-state index < -0.39 is 6.10 Å². The van der Waals surface area contributed by atoms with E-state index in [1.165, 1.54) is 0 Å². The molecule has 3 aromatic carbocycles. The molecule has 5 heteroatoms. The van der Waals surface area contributed by atoms with Gasteiger partial charge in [-0.15, -0.1) is 0 Å². The monoisotopic (exact) mass is 437 g/mol. The van der Waals surface area contributed by atoms with Gasteiger partial charge in [-0.3, -0.25) is 0 Å². The number of nitrogens with one attached hydrogen (secondary N) is 2. The Hall–Kier alpha value is -3.96. The highest BCUT2D eigenvalue weighted by Gasteiger charge is 2.10. The van der Waals surface area contributed by atoms with Crippen LogP contribution in [0.4, 0.5) is 10.5 Å². The van der Waals surface area contributed by atoms with Crippen molar-refractivity contribution in [1.29, 1.82) is 0 Å². The Morgan fingerprint density at radius 3 is 2.42 bits per heavy atom. The number of aliphatic hydroxyl groups is 1. The number of rotatable bonds is 7. The second-order valence-corrected chi connectivity index (χ2v) is 7.84. The van der Waals surface area contributed by atoms with E-state index in [1.807, 2.05) is 67.6 Å². The zero-order valence-electron chi connectivity index (χ0n) is 18.5. The van der Waals surface area contributed by atoms with Gasteiger partial charge in [0.2, 0.25) is 0 Å². The molecule has 0 spiro atoms. The van der Waals surface area contributed by atoms with Crippen LogP contribution in [0.2, 0.25) is 0 Å². The van der Waals surface area contributed by atoms with Gasteiger partial charge in [0.05, 0.1) is 17.3 Å². The average Bonchev–Trinajstić information content (AvgIpc) is 2.86. The van der Waals surface area contributed by atoms with Gasteiger partial charge in [0.15, 0.2) is 0 Å². The number of aromatic nitrogens is 1. The highest BCUT2D eigenvalue weighted by Crippen LogP contribution is 2.29.